The number of carboxylic acids is 1. The Kier molecular flexibility index (Phi) is 4.85. The van der Waals surface area contributed by atoms with E-state index in [9.17, 15) is 14.7 Å². The van der Waals surface area contributed by atoms with E-state index in [-0.39, 0.29) is 12.5 Å². The Labute approximate surface area is 160 Å². The predicted octanol–water partition coefficient (Wildman–Crippen LogP) is 3.26. The first-order chi connectivity index (χ1) is 13.1. The van der Waals surface area contributed by atoms with E-state index in [0.717, 1.165) is 34.3 Å². The molecule has 6 nitrogen and oxygen atoms in total. The largest absolute Gasteiger partial charge is 0.480 e. The second-order valence-corrected chi connectivity index (χ2v) is 7.51. The smallest absolute Gasteiger partial charge is 0.323 e. The molecule has 0 saturated heterocycles. The van der Waals surface area contributed by atoms with Gasteiger partial charge in [0.1, 0.15) is 6.54 Å². The first-order valence-corrected chi connectivity index (χ1v) is 9.79. The van der Waals surface area contributed by atoms with E-state index >= 15 is 0 Å². The van der Waals surface area contributed by atoms with Crippen molar-refractivity contribution in [3.63, 3.8) is 0 Å². The van der Waals surface area contributed by atoms with E-state index in [4.69, 9.17) is 0 Å². The summed E-state index contributed by atoms with van der Waals surface area (Å²) in [4.78, 5) is 30.0. The third kappa shape index (κ3) is 3.55. The minimum Gasteiger partial charge on any atom is -0.480 e. The minimum atomic E-state index is -0.888. The molecule has 2 heterocycles. The summed E-state index contributed by atoms with van der Waals surface area (Å²) in [6.07, 6.45) is 0.820. The Morgan fingerprint density at radius 3 is 2.74 bits per heavy atom. The van der Waals surface area contributed by atoms with Crippen molar-refractivity contribution in [2.75, 3.05) is 12.3 Å². The van der Waals surface area contributed by atoms with Crippen LogP contribution in [0.2, 0.25) is 0 Å². The van der Waals surface area contributed by atoms with Crippen molar-refractivity contribution in [1.82, 2.24) is 14.5 Å². The van der Waals surface area contributed by atoms with Gasteiger partial charge in [0, 0.05) is 24.4 Å². The van der Waals surface area contributed by atoms with Gasteiger partial charge < -0.3 is 14.6 Å². The maximum absolute atomic E-state index is 12.4. The first-order valence-electron chi connectivity index (χ1n) is 8.80. The Morgan fingerprint density at radius 1 is 1.15 bits per heavy atom. The number of hydrogen-bond donors (Lipinski definition) is 1. The van der Waals surface area contributed by atoms with Crippen LogP contribution in [0.5, 0.6) is 0 Å². The highest BCUT2D eigenvalue weighted by atomic mass is 32.2. The van der Waals surface area contributed by atoms with E-state index in [2.05, 4.69) is 4.98 Å². The molecule has 3 aromatic rings. The van der Waals surface area contributed by atoms with Crippen LogP contribution in [0, 0.1) is 0 Å². The Balaban J connectivity index is 1.39. The van der Waals surface area contributed by atoms with Crippen LogP contribution in [-0.2, 0) is 17.9 Å². The second-order valence-electron chi connectivity index (χ2n) is 6.45. The van der Waals surface area contributed by atoms with E-state index in [1.54, 1.807) is 4.57 Å². The van der Waals surface area contributed by atoms with Crippen molar-refractivity contribution >= 4 is 34.7 Å². The van der Waals surface area contributed by atoms with Crippen LogP contribution in [0.15, 0.2) is 53.7 Å². The monoisotopic (exact) mass is 381 g/mol. The van der Waals surface area contributed by atoms with Gasteiger partial charge in [-0.25, -0.2) is 4.98 Å². The molecule has 27 heavy (non-hydrogen) atoms. The van der Waals surface area contributed by atoms with Crippen LogP contribution in [0.4, 0.5) is 0 Å². The van der Waals surface area contributed by atoms with Crippen molar-refractivity contribution in [3.05, 3.63) is 59.7 Å². The molecule has 4 rings (SSSR count). The number of aromatic nitrogens is 2. The molecule has 0 atom stereocenters. The molecular weight excluding hydrogens is 362 g/mol. The maximum atomic E-state index is 12.4. The lowest BCUT2D eigenvalue weighted by Gasteiger charge is -2.15. The average Bonchev–Trinajstić information content (AvgIpc) is 3.17. The van der Waals surface area contributed by atoms with Crippen LogP contribution >= 0.6 is 11.8 Å². The summed E-state index contributed by atoms with van der Waals surface area (Å²) < 4.78 is 1.74. The molecule has 1 aliphatic heterocycles. The number of imidazole rings is 1. The third-order valence-corrected chi connectivity index (χ3v) is 5.68. The molecule has 0 aliphatic carbocycles. The van der Waals surface area contributed by atoms with Gasteiger partial charge in [-0.15, -0.1) is 0 Å². The van der Waals surface area contributed by atoms with E-state index in [1.807, 2.05) is 53.4 Å². The number of fused-ring (bicyclic) bond motifs is 2. The van der Waals surface area contributed by atoms with E-state index < -0.39 is 5.97 Å². The molecule has 0 radical (unpaired) electrons. The van der Waals surface area contributed by atoms with Crippen LogP contribution in [0.25, 0.3) is 11.0 Å². The highest BCUT2D eigenvalue weighted by molar-refractivity contribution is 7.99. The second kappa shape index (κ2) is 7.44. The van der Waals surface area contributed by atoms with Gasteiger partial charge in [0.2, 0.25) is 0 Å². The number of nitrogens with zero attached hydrogens (tertiary/aromatic N) is 3. The topological polar surface area (TPSA) is 75.4 Å². The zero-order valence-corrected chi connectivity index (χ0v) is 15.5. The van der Waals surface area contributed by atoms with Crippen molar-refractivity contribution in [2.45, 2.75) is 24.7 Å². The van der Waals surface area contributed by atoms with Gasteiger partial charge in [-0.1, -0.05) is 42.1 Å². The summed E-state index contributed by atoms with van der Waals surface area (Å²) in [5.74, 6) is -0.0302. The van der Waals surface area contributed by atoms with Crippen LogP contribution < -0.4 is 0 Å². The molecule has 1 N–H and O–H groups in total. The number of aliphatic carboxylic acids is 1. The summed E-state index contributed by atoms with van der Waals surface area (Å²) in [5, 5.41) is 9.90. The van der Waals surface area contributed by atoms with Crippen molar-refractivity contribution < 1.29 is 14.7 Å². The number of thioether (sulfide) groups is 1. The predicted molar refractivity (Wildman–Crippen MR) is 104 cm³/mol. The fraction of sp³-hybridized carbons (Fsp3) is 0.250. The Hall–Kier alpha value is -2.80. The number of benzene rings is 2. The Morgan fingerprint density at radius 2 is 1.93 bits per heavy atom. The summed E-state index contributed by atoms with van der Waals surface area (Å²) >= 11 is 1.53. The SMILES string of the molecule is O=C(O)Cn1c(SCCCN2Cc3ccccc3C2=O)nc2ccccc21. The molecular formula is C20H19N3O3S. The maximum Gasteiger partial charge on any atom is 0.323 e. The molecule has 0 spiro atoms. The lowest BCUT2D eigenvalue weighted by Crippen LogP contribution is -2.25. The summed E-state index contributed by atoms with van der Waals surface area (Å²) in [6, 6.07) is 15.3. The standard InChI is InChI=1S/C20H19N3O3S/c24-18(25)13-23-17-9-4-3-8-16(17)21-20(23)27-11-5-10-22-12-14-6-1-2-7-15(14)19(22)26/h1-4,6-9H,5,10-13H2,(H,24,25). The van der Waals surface area contributed by atoms with Gasteiger partial charge in [0.05, 0.1) is 11.0 Å². The molecule has 7 heteroatoms. The summed E-state index contributed by atoms with van der Waals surface area (Å²) in [6.45, 7) is 1.24. The number of hydrogen-bond acceptors (Lipinski definition) is 4. The summed E-state index contributed by atoms with van der Waals surface area (Å²) in [5.41, 5.74) is 3.51. The lowest BCUT2D eigenvalue weighted by molar-refractivity contribution is -0.137. The van der Waals surface area contributed by atoms with Gasteiger partial charge in [-0.05, 0) is 30.2 Å². The molecule has 1 aliphatic rings. The molecule has 1 amide bonds. The molecule has 0 saturated carbocycles. The van der Waals surface area contributed by atoms with Gasteiger partial charge >= 0.3 is 5.97 Å². The third-order valence-electron chi connectivity index (χ3n) is 4.61. The van der Waals surface area contributed by atoms with Gasteiger partial charge in [0.15, 0.2) is 5.16 Å². The number of carbonyl (C=O) groups is 2. The first kappa shape index (κ1) is 17.6. The number of carbonyl (C=O) groups excluding carboxylic acids is 1. The lowest BCUT2D eigenvalue weighted by atomic mass is 10.1. The molecule has 0 unspecified atom stereocenters. The van der Waals surface area contributed by atoms with Gasteiger partial charge in [0.25, 0.3) is 5.91 Å². The molecule has 0 fully saturated rings. The van der Waals surface area contributed by atoms with Crippen LogP contribution in [-0.4, -0.2) is 43.7 Å². The average molecular weight is 381 g/mol. The van der Waals surface area contributed by atoms with E-state index in [0.29, 0.717) is 18.2 Å². The van der Waals surface area contributed by atoms with Crippen molar-refractivity contribution in [1.29, 1.82) is 0 Å². The van der Waals surface area contributed by atoms with Crippen LogP contribution in [0.1, 0.15) is 22.3 Å². The number of amides is 1. The van der Waals surface area contributed by atoms with E-state index in [1.165, 1.54) is 11.8 Å². The quantitative estimate of drug-likeness (QED) is 0.502. The highest BCUT2D eigenvalue weighted by Crippen LogP contribution is 2.26. The molecule has 1 aromatic heterocycles. The number of rotatable bonds is 7. The van der Waals surface area contributed by atoms with Gasteiger partial charge in [-0.3, -0.25) is 9.59 Å². The molecule has 138 valence electrons. The fourth-order valence-electron chi connectivity index (χ4n) is 3.37. The fourth-order valence-corrected chi connectivity index (χ4v) is 4.30. The number of para-hydroxylation sites is 2. The normalized spacial score (nSPS) is 13.3. The molecule has 0 bridgehead atoms. The molecule has 2 aromatic carbocycles. The van der Waals surface area contributed by atoms with Crippen molar-refractivity contribution in [3.8, 4) is 0 Å². The summed E-state index contributed by atoms with van der Waals surface area (Å²) in [7, 11) is 0. The highest BCUT2D eigenvalue weighted by Gasteiger charge is 2.26. The zero-order valence-electron chi connectivity index (χ0n) is 14.7. The number of carboxylic acid groups (broad SMARTS) is 1. The van der Waals surface area contributed by atoms with Crippen LogP contribution in [0.3, 0.4) is 0 Å². The van der Waals surface area contributed by atoms with Gasteiger partial charge in [-0.2, -0.15) is 0 Å². The zero-order chi connectivity index (χ0) is 18.8. The van der Waals surface area contributed by atoms with Crippen molar-refractivity contribution in [2.24, 2.45) is 0 Å². The Bertz CT molecular complexity index is 1010. The minimum absolute atomic E-state index is 0.0914.